The first kappa shape index (κ1) is 21.3. The number of rotatable bonds is 5. The normalized spacial score (nSPS) is 17.7. The highest BCUT2D eigenvalue weighted by Crippen LogP contribution is 2.31. The topological polar surface area (TPSA) is 75.7 Å². The maximum Gasteiger partial charge on any atom is 0.246 e. The van der Waals surface area contributed by atoms with E-state index in [0.717, 1.165) is 22.4 Å². The standard InChI is InChI=1S/C22H28N2O4S/c1-15-7-9-17(3)19(12-15)23-22(25)18-6-5-11-24(14-18)29(26,27)21-13-16(2)8-10-20(21)28-4/h7-10,12-13,18H,5-6,11,14H2,1-4H3,(H,23,25)/t18-/m1/s1. The van der Waals surface area contributed by atoms with Crippen LogP contribution >= 0.6 is 0 Å². The molecule has 1 heterocycles. The second-order valence-corrected chi connectivity index (χ2v) is 9.57. The first-order valence-electron chi connectivity index (χ1n) is 9.75. The Morgan fingerprint density at radius 3 is 2.52 bits per heavy atom. The summed E-state index contributed by atoms with van der Waals surface area (Å²) >= 11 is 0. The predicted molar refractivity (Wildman–Crippen MR) is 114 cm³/mol. The molecule has 1 atom stereocenters. The van der Waals surface area contributed by atoms with Crippen molar-refractivity contribution in [3.63, 3.8) is 0 Å². The average Bonchev–Trinajstić information content (AvgIpc) is 2.70. The Kier molecular flexibility index (Phi) is 6.29. The van der Waals surface area contributed by atoms with Crippen LogP contribution in [0.15, 0.2) is 41.3 Å². The van der Waals surface area contributed by atoms with Crippen LogP contribution in [0.5, 0.6) is 5.75 Å². The molecule has 156 valence electrons. The van der Waals surface area contributed by atoms with E-state index < -0.39 is 15.9 Å². The van der Waals surface area contributed by atoms with Crippen molar-refractivity contribution in [3.05, 3.63) is 53.1 Å². The average molecular weight is 417 g/mol. The van der Waals surface area contributed by atoms with E-state index in [1.165, 1.54) is 11.4 Å². The number of aryl methyl sites for hydroxylation is 3. The van der Waals surface area contributed by atoms with Crippen molar-refractivity contribution < 1.29 is 17.9 Å². The molecule has 2 aromatic carbocycles. The molecular formula is C22H28N2O4S. The maximum absolute atomic E-state index is 13.3. The molecule has 0 bridgehead atoms. The zero-order chi connectivity index (χ0) is 21.2. The van der Waals surface area contributed by atoms with Crippen molar-refractivity contribution >= 4 is 21.6 Å². The van der Waals surface area contributed by atoms with Gasteiger partial charge in [-0.3, -0.25) is 4.79 Å². The number of nitrogens with zero attached hydrogens (tertiary/aromatic N) is 1. The SMILES string of the molecule is COc1ccc(C)cc1S(=O)(=O)N1CCC[C@@H](C(=O)Nc2cc(C)ccc2C)C1. The summed E-state index contributed by atoms with van der Waals surface area (Å²) in [6.07, 6.45) is 1.30. The van der Waals surface area contributed by atoms with Gasteiger partial charge in [0, 0.05) is 18.8 Å². The third-order valence-electron chi connectivity index (χ3n) is 5.34. The van der Waals surface area contributed by atoms with E-state index in [0.29, 0.717) is 25.1 Å². The zero-order valence-corrected chi connectivity index (χ0v) is 18.2. The molecule has 0 unspecified atom stereocenters. The number of ether oxygens (including phenoxy) is 1. The van der Waals surface area contributed by atoms with Gasteiger partial charge in [-0.2, -0.15) is 4.31 Å². The van der Waals surface area contributed by atoms with Gasteiger partial charge in [-0.05, 0) is 68.5 Å². The highest BCUT2D eigenvalue weighted by atomic mass is 32.2. The molecule has 6 nitrogen and oxygen atoms in total. The van der Waals surface area contributed by atoms with Gasteiger partial charge in [-0.1, -0.05) is 18.2 Å². The zero-order valence-electron chi connectivity index (χ0n) is 17.4. The van der Waals surface area contributed by atoms with E-state index >= 15 is 0 Å². The van der Waals surface area contributed by atoms with Crippen LogP contribution in [0.2, 0.25) is 0 Å². The smallest absolute Gasteiger partial charge is 0.246 e. The number of amides is 1. The van der Waals surface area contributed by atoms with Gasteiger partial charge in [-0.25, -0.2) is 8.42 Å². The van der Waals surface area contributed by atoms with Crippen LogP contribution < -0.4 is 10.1 Å². The highest BCUT2D eigenvalue weighted by molar-refractivity contribution is 7.89. The molecule has 0 radical (unpaired) electrons. The fourth-order valence-corrected chi connectivity index (χ4v) is 5.37. The summed E-state index contributed by atoms with van der Waals surface area (Å²) in [5.41, 5.74) is 3.65. The lowest BCUT2D eigenvalue weighted by atomic mass is 9.98. The summed E-state index contributed by atoms with van der Waals surface area (Å²) < 4.78 is 33.2. The third-order valence-corrected chi connectivity index (χ3v) is 7.23. The number of hydrogen-bond donors (Lipinski definition) is 1. The number of benzene rings is 2. The van der Waals surface area contributed by atoms with Crippen molar-refractivity contribution in [2.45, 2.75) is 38.5 Å². The molecule has 29 heavy (non-hydrogen) atoms. The van der Waals surface area contributed by atoms with Gasteiger partial charge in [-0.15, -0.1) is 0 Å². The van der Waals surface area contributed by atoms with Crippen molar-refractivity contribution in [2.24, 2.45) is 5.92 Å². The molecule has 3 rings (SSSR count). The molecule has 0 aliphatic carbocycles. The molecule has 0 spiro atoms. The number of piperidine rings is 1. The molecule has 0 saturated carbocycles. The van der Waals surface area contributed by atoms with Crippen molar-refractivity contribution in [2.75, 3.05) is 25.5 Å². The van der Waals surface area contributed by atoms with Gasteiger partial charge in [0.25, 0.3) is 0 Å². The Bertz CT molecular complexity index is 1020. The number of carbonyl (C=O) groups is 1. The number of carbonyl (C=O) groups excluding carboxylic acids is 1. The van der Waals surface area contributed by atoms with Crippen LogP contribution in [0.1, 0.15) is 29.5 Å². The number of anilines is 1. The quantitative estimate of drug-likeness (QED) is 0.807. The minimum Gasteiger partial charge on any atom is -0.495 e. The van der Waals surface area contributed by atoms with E-state index in [2.05, 4.69) is 5.32 Å². The number of nitrogens with one attached hydrogen (secondary N) is 1. The monoisotopic (exact) mass is 416 g/mol. The molecule has 1 aliphatic rings. The minimum atomic E-state index is -3.75. The van der Waals surface area contributed by atoms with E-state index in [-0.39, 0.29) is 17.3 Å². The third kappa shape index (κ3) is 4.62. The van der Waals surface area contributed by atoms with E-state index in [1.807, 2.05) is 45.0 Å². The molecule has 1 N–H and O–H groups in total. The summed E-state index contributed by atoms with van der Waals surface area (Å²) in [6, 6.07) is 11.0. The molecule has 1 amide bonds. The van der Waals surface area contributed by atoms with Gasteiger partial charge >= 0.3 is 0 Å². The summed E-state index contributed by atoms with van der Waals surface area (Å²) in [5.74, 6) is -0.221. The van der Waals surface area contributed by atoms with Crippen LogP contribution in [0, 0.1) is 26.7 Å². The van der Waals surface area contributed by atoms with Crippen LogP contribution in [-0.4, -0.2) is 38.8 Å². The predicted octanol–water partition coefficient (Wildman–Crippen LogP) is 3.66. The van der Waals surface area contributed by atoms with Crippen LogP contribution in [0.3, 0.4) is 0 Å². The summed E-state index contributed by atoms with van der Waals surface area (Å²) in [5, 5.41) is 2.98. The summed E-state index contributed by atoms with van der Waals surface area (Å²) in [4.78, 5) is 13.0. The fraction of sp³-hybridized carbons (Fsp3) is 0.409. The molecule has 1 fully saturated rings. The molecule has 7 heteroatoms. The Hall–Kier alpha value is -2.38. The Morgan fingerprint density at radius 2 is 1.79 bits per heavy atom. The first-order chi connectivity index (χ1) is 13.7. The lowest BCUT2D eigenvalue weighted by molar-refractivity contribution is -0.120. The Morgan fingerprint density at radius 1 is 1.10 bits per heavy atom. The van der Waals surface area contributed by atoms with Crippen LogP contribution in [-0.2, 0) is 14.8 Å². The van der Waals surface area contributed by atoms with Crippen molar-refractivity contribution in [3.8, 4) is 5.75 Å². The largest absolute Gasteiger partial charge is 0.495 e. The van der Waals surface area contributed by atoms with E-state index in [4.69, 9.17) is 4.74 Å². The Labute approximate surface area is 172 Å². The fourth-order valence-electron chi connectivity index (χ4n) is 3.60. The van der Waals surface area contributed by atoms with E-state index in [9.17, 15) is 13.2 Å². The molecule has 1 saturated heterocycles. The number of hydrogen-bond acceptors (Lipinski definition) is 4. The minimum absolute atomic E-state index is 0.144. The molecule has 0 aromatic heterocycles. The van der Waals surface area contributed by atoms with Gasteiger partial charge < -0.3 is 10.1 Å². The second-order valence-electron chi connectivity index (χ2n) is 7.66. The van der Waals surface area contributed by atoms with Crippen LogP contribution in [0.25, 0.3) is 0 Å². The number of methoxy groups -OCH3 is 1. The number of sulfonamides is 1. The van der Waals surface area contributed by atoms with Gasteiger partial charge in [0.2, 0.25) is 15.9 Å². The summed E-state index contributed by atoms with van der Waals surface area (Å²) in [6.45, 7) is 6.31. The molecule has 2 aromatic rings. The lowest BCUT2D eigenvalue weighted by Gasteiger charge is -2.31. The van der Waals surface area contributed by atoms with Crippen molar-refractivity contribution in [1.29, 1.82) is 0 Å². The van der Waals surface area contributed by atoms with Gasteiger partial charge in [0.05, 0.1) is 13.0 Å². The summed E-state index contributed by atoms with van der Waals surface area (Å²) in [7, 11) is -2.29. The highest BCUT2D eigenvalue weighted by Gasteiger charge is 2.35. The Balaban J connectivity index is 1.80. The maximum atomic E-state index is 13.3. The van der Waals surface area contributed by atoms with Gasteiger partial charge in [0.15, 0.2) is 0 Å². The second kappa shape index (κ2) is 8.55. The lowest BCUT2D eigenvalue weighted by Crippen LogP contribution is -2.43. The van der Waals surface area contributed by atoms with Crippen molar-refractivity contribution in [1.82, 2.24) is 4.31 Å². The van der Waals surface area contributed by atoms with Crippen LogP contribution in [0.4, 0.5) is 5.69 Å². The first-order valence-corrected chi connectivity index (χ1v) is 11.2. The molecule has 1 aliphatic heterocycles. The molecular weight excluding hydrogens is 388 g/mol. The van der Waals surface area contributed by atoms with E-state index in [1.54, 1.807) is 12.1 Å². The van der Waals surface area contributed by atoms with Gasteiger partial charge in [0.1, 0.15) is 10.6 Å².